The average molecular weight is 597 g/mol. The molecule has 0 fully saturated rings. The molecule has 0 saturated carbocycles. The summed E-state index contributed by atoms with van der Waals surface area (Å²) >= 11 is 0. The second kappa shape index (κ2) is 11.2. The zero-order valence-electron chi connectivity index (χ0n) is 22.5. The summed E-state index contributed by atoms with van der Waals surface area (Å²) < 4.78 is 82.3. The van der Waals surface area contributed by atoms with E-state index in [2.05, 4.69) is 14.9 Å². The third-order valence-corrected chi connectivity index (χ3v) is 8.00. The van der Waals surface area contributed by atoms with Gasteiger partial charge in [0.15, 0.2) is 0 Å². The minimum atomic E-state index is -4.20. The first-order chi connectivity index (χ1) is 20.0. The van der Waals surface area contributed by atoms with Crippen molar-refractivity contribution in [1.29, 1.82) is 0 Å². The minimum absolute atomic E-state index is 0.0320. The molecule has 0 radical (unpaired) electrons. The van der Waals surface area contributed by atoms with Gasteiger partial charge in [0.1, 0.15) is 29.3 Å². The normalized spacial score (nSPS) is 11.5. The maximum atomic E-state index is 14.4. The van der Waals surface area contributed by atoms with E-state index < -0.39 is 38.9 Å². The van der Waals surface area contributed by atoms with Gasteiger partial charge in [-0.3, -0.25) is 4.79 Å². The van der Waals surface area contributed by atoms with E-state index in [9.17, 15) is 26.4 Å². The molecule has 0 aliphatic heterocycles. The Morgan fingerprint density at radius 2 is 1.71 bits per heavy atom. The molecule has 5 aromatic rings. The Morgan fingerprint density at radius 3 is 2.36 bits per heavy atom. The minimum Gasteiger partial charge on any atom is -0.445 e. The molecule has 0 saturated heterocycles. The van der Waals surface area contributed by atoms with Crippen LogP contribution in [0.3, 0.4) is 0 Å². The van der Waals surface area contributed by atoms with E-state index in [4.69, 9.17) is 8.94 Å². The van der Waals surface area contributed by atoms with Crippen LogP contribution < -0.4 is 4.72 Å². The molecule has 0 aliphatic rings. The molecule has 13 heteroatoms. The molecule has 1 amide bonds. The average Bonchev–Trinajstić information content (AvgIpc) is 3.59. The summed E-state index contributed by atoms with van der Waals surface area (Å²) in [6.07, 6.45) is 2.82. The van der Waals surface area contributed by atoms with Gasteiger partial charge in [0.2, 0.25) is 11.8 Å². The number of aryl methyl sites for hydroxylation is 1. The van der Waals surface area contributed by atoms with Crippen molar-refractivity contribution in [2.75, 3.05) is 11.8 Å². The fraction of sp³-hybridized carbons (Fsp3) is 0.138. The van der Waals surface area contributed by atoms with Gasteiger partial charge in [0.25, 0.3) is 15.9 Å². The molecule has 3 aromatic carbocycles. The van der Waals surface area contributed by atoms with E-state index in [1.54, 1.807) is 50.2 Å². The van der Waals surface area contributed by atoms with Crippen LogP contribution in [0.4, 0.5) is 19.1 Å². The number of amides is 1. The number of hydrogen-bond acceptors (Lipinski definition) is 7. The molecular weight excluding hydrogens is 573 g/mol. The molecule has 0 unspecified atom stereocenters. The Bertz CT molecular complexity index is 1880. The number of oxazole rings is 1. The number of carbonyl (C=O) groups is 1. The van der Waals surface area contributed by atoms with Crippen molar-refractivity contribution in [2.45, 2.75) is 25.3 Å². The van der Waals surface area contributed by atoms with Crippen LogP contribution in [-0.4, -0.2) is 36.4 Å². The largest absolute Gasteiger partial charge is 0.445 e. The molecule has 9 nitrogen and oxygen atoms in total. The molecule has 0 atom stereocenters. The first-order valence-corrected chi connectivity index (χ1v) is 13.9. The Kier molecular flexibility index (Phi) is 7.61. The summed E-state index contributed by atoms with van der Waals surface area (Å²) in [6, 6.07) is 11.9. The second-order valence-electron chi connectivity index (χ2n) is 9.44. The summed E-state index contributed by atoms with van der Waals surface area (Å²) in [4.78, 5) is 18.2. The quantitative estimate of drug-likeness (QED) is 0.230. The number of sulfonamides is 1. The number of aromatic nitrogens is 2. The van der Waals surface area contributed by atoms with E-state index in [1.807, 2.05) is 0 Å². The standard InChI is InChI=1S/C29H23F3N4O5S/c1-16-17(2)34-41-27(16)35-42(38,39)25-7-5-4-6-22(25)21-9-8-18(28-33-10-11-40-28)12-19(21)15-36(3)29(37)26-23(31)13-20(30)14-24(26)32/h4-14,35H,15H2,1-3H3. The number of hydrogen-bond donors (Lipinski definition) is 1. The van der Waals surface area contributed by atoms with Crippen molar-refractivity contribution in [3.8, 4) is 22.6 Å². The lowest BCUT2D eigenvalue weighted by molar-refractivity contribution is 0.0775. The monoisotopic (exact) mass is 596 g/mol. The lowest BCUT2D eigenvalue weighted by atomic mass is 9.96. The maximum Gasteiger partial charge on any atom is 0.264 e. The zero-order chi connectivity index (χ0) is 30.2. The van der Waals surface area contributed by atoms with Crippen molar-refractivity contribution in [1.82, 2.24) is 15.0 Å². The summed E-state index contributed by atoms with van der Waals surface area (Å²) in [5.74, 6) is -4.68. The van der Waals surface area contributed by atoms with Crippen LogP contribution in [0.25, 0.3) is 22.6 Å². The third-order valence-electron chi connectivity index (χ3n) is 6.61. The van der Waals surface area contributed by atoms with Gasteiger partial charge in [0, 0.05) is 42.4 Å². The third kappa shape index (κ3) is 5.50. The number of carbonyl (C=O) groups excluding carboxylic acids is 1. The van der Waals surface area contributed by atoms with E-state index >= 15 is 0 Å². The molecule has 2 aromatic heterocycles. The van der Waals surface area contributed by atoms with Crippen molar-refractivity contribution >= 4 is 21.8 Å². The van der Waals surface area contributed by atoms with Crippen molar-refractivity contribution < 1.29 is 35.3 Å². The lowest BCUT2D eigenvalue weighted by Crippen LogP contribution is -2.28. The number of rotatable bonds is 8. The molecule has 0 spiro atoms. The highest BCUT2D eigenvalue weighted by atomic mass is 32.2. The van der Waals surface area contributed by atoms with Crippen LogP contribution in [0.1, 0.15) is 27.2 Å². The lowest BCUT2D eigenvalue weighted by Gasteiger charge is -2.21. The Labute approximate surface area is 238 Å². The number of benzene rings is 3. The van der Waals surface area contributed by atoms with Crippen LogP contribution in [0.5, 0.6) is 0 Å². The Balaban J connectivity index is 1.59. The van der Waals surface area contributed by atoms with Gasteiger partial charge in [-0.1, -0.05) is 29.4 Å². The van der Waals surface area contributed by atoms with Crippen molar-refractivity contribution in [3.05, 3.63) is 107 Å². The fourth-order valence-corrected chi connectivity index (χ4v) is 5.63. The molecule has 0 aliphatic carbocycles. The van der Waals surface area contributed by atoms with E-state index in [0.717, 1.165) is 4.90 Å². The summed E-state index contributed by atoms with van der Waals surface area (Å²) in [7, 11) is -2.89. The predicted octanol–water partition coefficient (Wildman–Crippen LogP) is 6.10. The van der Waals surface area contributed by atoms with Crippen LogP contribution in [0.15, 0.2) is 80.9 Å². The van der Waals surface area contributed by atoms with Gasteiger partial charge in [-0.2, -0.15) is 0 Å². The smallest absolute Gasteiger partial charge is 0.264 e. The highest BCUT2D eigenvalue weighted by Crippen LogP contribution is 2.35. The fourth-order valence-electron chi connectivity index (χ4n) is 4.36. The van der Waals surface area contributed by atoms with Gasteiger partial charge in [-0.15, -0.1) is 0 Å². The van der Waals surface area contributed by atoms with Gasteiger partial charge in [-0.05, 0) is 43.2 Å². The van der Waals surface area contributed by atoms with Crippen LogP contribution in [-0.2, 0) is 16.6 Å². The predicted molar refractivity (Wildman–Crippen MR) is 146 cm³/mol. The van der Waals surface area contributed by atoms with Crippen molar-refractivity contribution in [2.24, 2.45) is 0 Å². The van der Waals surface area contributed by atoms with Gasteiger partial charge >= 0.3 is 0 Å². The molecule has 2 heterocycles. The van der Waals surface area contributed by atoms with Crippen molar-refractivity contribution in [3.63, 3.8) is 0 Å². The molecular formula is C29H23F3N4O5S. The Hall–Kier alpha value is -4.91. The van der Waals surface area contributed by atoms with E-state index in [1.165, 1.54) is 25.6 Å². The number of halogens is 3. The molecule has 216 valence electrons. The first kappa shape index (κ1) is 28.6. The molecule has 0 bridgehead atoms. The number of anilines is 1. The highest BCUT2D eigenvalue weighted by Gasteiger charge is 2.26. The van der Waals surface area contributed by atoms with Crippen LogP contribution in [0.2, 0.25) is 0 Å². The van der Waals surface area contributed by atoms with E-state index in [0.29, 0.717) is 40.1 Å². The molecule has 1 N–H and O–H groups in total. The Morgan fingerprint density at radius 1 is 1.00 bits per heavy atom. The first-order valence-electron chi connectivity index (χ1n) is 12.4. The number of nitrogens with one attached hydrogen (secondary N) is 1. The van der Waals surface area contributed by atoms with Crippen LogP contribution >= 0.6 is 0 Å². The molecule has 5 rings (SSSR count). The summed E-state index contributed by atoms with van der Waals surface area (Å²) in [5.41, 5.74) is 1.70. The second-order valence-corrected chi connectivity index (χ2v) is 11.1. The molecule has 42 heavy (non-hydrogen) atoms. The summed E-state index contributed by atoms with van der Waals surface area (Å²) in [5, 5.41) is 3.79. The van der Waals surface area contributed by atoms with Gasteiger partial charge in [-0.25, -0.2) is 31.3 Å². The zero-order valence-corrected chi connectivity index (χ0v) is 23.3. The van der Waals surface area contributed by atoms with Crippen LogP contribution in [0, 0.1) is 31.3 Å². The highest BCUT2D eigenvalue weighted by molar-refractivity contribution is 7.92. The summed E-state index contributed by atoms with van der Waals surface area (Å²) in [6.45, 7) is 3.11. The van der Waals surface area contributed by atoms with Gasteiger partial charge in [0.05, 0.1) is 16.8 Å². The maximum absolute atomic E-state index is 14.4. The number of nitrogens with zero attached hydrogens (tertiary/aromatic N) is 3. The van der Waals surface area contributed by atoms with Gasteiger partial charge < -0.3 is 13.8 Å². The van der Waals surface area contributed by atoms with E-state index in [-0.39, 0.29) is 28.8 Å². The topological polar surface area (TPSA) is 119 Å². The SMILES string of the molecule is Cc1noc(NS(=O)(=O)c2ccccc2-c2ccc(-c3ncco3)cc2CN(C)C(=O)c2c(F)cc(F)cc2F)c1C.